The summed E-state index contributed by atoms with van der Waals surface area (Å²) in [7, 11) is 1.63. The lowest BCUT2D eigenvalue weighted by Crippen LogP contribution is -2.42. The topological polar surface area (TPSA) is 59.3 Å². The SMILES string of the molecule is COc1ccc2c(C3CNCCN3)noc2c1Br.Cl. The Bertz CT molecular complexity index is 569. The Balaban J connectivity index is 0.00000133. The number of ether oxygens (including phenoxy) is 1. The molecule has 2 N–H and O–H groups in total. The lowest BCUT2D eigenvalue weighted by molar-refractivity contribution is 0.385. The van der Waals surface area contributed by atoms with Crippen LogP contribution < -0.4 is 15.4 Å². The number of fused-ring (bicyclic) bond motifs is 1. The Morgan fingerprint density at radius 1 is 1.42 bits per heavy atom. The molecule has 3 rings (SSSR count). The van der Waals surface area contributed by atoms with E-state index in [9.17, 15) is 0 Å². The van der Waals surface area contributed by atoms with Crippen molar-refractivity contribution in [2.45, 2.75) is 6.04 Å². The number of nitrogens with zero attached hydrogens (tertiary/aromatic N) is 1. The zero-order valence-electron chi connectivity index (χ0n) is 10.4. The van der Waals surface area contributed by atoms with Crippen LogP contribution in [0.5, 0.6) is 5.75 Å². The van der Waals surface area contributed by atoms with Gasteiger partial charge in [0.25, 0.3) is 0 Å². The molecule has 1 unspecified atom stereocenters. The Morgan fingerprint density at radius 3 is 2.95 bits per heavy atom. The van der Waals surface area contributed by atoms with Crippen LogP contribution in [0.2, 0.25) is 0 Å². The molecule has 5 nitrogen and oxygen atoms in total. The predicted molar refractivity (Wildman–Crippen MR) is 79.1 cm³/mol. The van der Waals surface area contributed by atoms with Gasteiger partial charge in [0.05, 0.1) is 13.2 Å². The maximum Gasteiger partial charge on any atom is 0.185 e. The van der Waals surface area contributed by atoms with Crippen LogP contribution >= 0.6 is 28.3 Å². The summed E-state index contributed by atoms with van der Waals surface area (Å²) in [5.41, 5.74) is 1.68. The van der Waals surface area contributed by atoms with Crippen molar-refractivity contribution in [3.8, 4) is 5.75 Å². The molecule has 0 saturated carbocycles. The maximum atomic E-state index is 5.43. The van der Waals surface area contributed by atoms with Crippen molar-refractivity contribution in [3.63, 3.8) is 0 Å². The molecule has 2 aromatic rings. The molecule has 1 aliphatic heterocycles. The second-order valence-electron chi connectivity index (χ2n) is 4.24. The Morgan fingerprint density at radius 2 is 2.26 bits per heavy atom. The summed E-state index contributed by atoms with van der Waals surface area (Å²) < 4.78 is 11.5. The second-order valence-corrected chi connectivity index (χ2v) is 5.03. The highest BCUT2D eigenvalue weighted by atomic mass is 79.9. The second kappa shape index (κ2) is 6.09. The smallest absolute Gasteiger partial charge is 0.185 e. The van der Waals surface area contributed by atoms with Gasteiger partial charge in [0, 0.05) is 25.0 Å². The average molecular weight is 349 g/mol. The first-order valence-corrected chi connectivity index (χ1v) is 6.66. The van der Waals surface area contributed by atoms with E-state index in [0.29, 0.717) is 0 Å². The summed E-state index contributed by atoms with van der Waals surface area (Å²) >= 11 is 3.48. The van der Waals surface area contributed by atoms with Gasteiger partial charge in [0.15, 0.2) is 5.58 Å². The highest BCUT2D eigenvalue weighted by Gasteiger charge is 2.22. The molecule has 1 aromatic carbocycles. The summed E-state index contributed by atoms with van der Waals surface area (Å²) in [4.78, 5) is 0. The third-order valence-corrected chi connectivity index (χ3v) is 3.91. The van der Waals surface area contributed by atoms with E-state index >= 15 is 0 Å². The summed E-state index contributed by atoms with van der Waals surface area (Å²) in [5, 5.41) is 12.0. The number of benzene rings is 1. The van der Waals surface area contributed by atoms with Crippen LogP contribution in [0.4, 0.5) is 0 Å². The van der Waals surface area contributed by atoms with Crippen molar-refractivity contribution in [1.82, 2.24) is 15.8 Å². The molecule has 1 aliphatic rings. The fourth-order valence-electron chi connectivity index (χ4n) is 2.23. The fourth-order valence-corrected chi connectivity index (χ4v) is 2.81. The largest absolute Gasteiger partial charge is 0.495 e. The van der Waals surface area contributed by atoms with E-state index in [0.717, 1.165) is 46.5 Å². The molecule has 0 bridgehead atoms. The highest BCUT2D eigenvalue weighted by molar-refractivity contribution is 9.10. The third kappa shape index (κ3) is 2.58. The molecule has 2 heterocycles. The quantitative estimate of drug-likeness (QED) is 0.872. The number of hydrogen-bond acceptors (Lipinski definition) is 5. The van der Waals surface area contributed by atoms with Crippen molar-refractivity contribution in [1.29, 1.82) is 0 Å². The summed E-state index contributed by atoms with van der Waals surface area (Å²) in [5.74, 6) is 0.750. The van der Waals surface area contributed by atoms with Gasteiger partial charge in [-0.1, -0.05) is 5.16 Å². The standard InChI is InChI=1S/C12H14BrN3O2.ClH/c1-17-9-3-2-7-11(8-6-14-4-5-15-8)16-18-12(7)10(9)13;/h2-3,8,14-15H,4-6H2,1H3;1H. The number of rotatable bonds is 2. The van der Waals surface area contributed by atoms with Crippen molar-refractivity contribution in [2.75, 3.05) is 26.7 Å². The lowest BCUT2D eigenvalue weighted by atomic mass is 10.1. The van der Waals surface area contributed by atoms with Gasteiger partial charge in [0.2, 0.25) is 0 Å². The van der Waals surface area contributed by atoms with Gasteiger partial charge in [0.1, 0.15) is 15.9 Å². The Hall–Kier alpha value is -0.820. The lowest BCUT2D eigenvalue weighted by Gasteiger charge is -2.22. The van der Waals surface area contributed by atoms with Gasteiger partial charge >= 0.3 is 0 Å². The first kappa shape index (κ1) is 14.6. The monoisotopic (exact) mass is 347 g/mol. The zero-order chi connectivity index (χ0) is 12.5. The molecule has 0 aliphatic carbocycles. The minimum atomic E-state index is 0. The Labute approximate surface area is 125 Å². The highest BCUT2D eigenvalue weighted by Crippen LogP contribution is 2.35. The van der Waals surface area contributed by atoms with E-state index in [4.69, 9.17) is 9.26 Å². The zero-order valence-corrected chi connectivity index (χ0v) is 12.8. The molecule has 0 spiro atoms. The van der Waals surface area contributed by atoms with Crippen molar-refractivity contribution >= 4 is 39.3 Å². The van der Waals surface area contributed by atoms with E-state index in [1.165, 1.54) is 0 Å². The molecular formula is C12H15BrClN3O2. The molecule has 1 fully saturated rings. The van der Waals surface area contributed by atoms with E-state index in [-0.39, 0.29) is 18.4 Å². The summed E-state index contributed by atoms with van der Waals surface area (Å²) in [6.45, 7) is 2.80. The number of piperazine rings is 1. The minimum Gasteiger partial charge on any atom is -0.495 e. The molecule has 7 heteroatoms. The molecule has 0 radical (unpaired) electrons. The van der Waals surface area contributed by atoms with Gasteiger partial charge in [-0.25, -0.2) is 0 Å². The first-order chi connectivity index (χ1) is 8.81. The third-order valence-electron chi connectivity index (χ3n) is 3.16. The summed E-state index contributed by atoms with van der Waals surface area (Å²) in [6.07, 6.45) is 0. The van der Waals surface area contributed by atoms with Crippen LogP contribution in [-0.4, -0.2) is 31.9 Å². The molecular weight excluding hydrogens is 334 g/mol. The van der Waals surface area contributed by atoms with E-state index in [1.54, 1.807) is 7.11 Å². The van der Waals surface area contributed by atoms with E-state index < -0.39 is 0 Å². The van der Waals surface area contributed by atoms with Gasteiger partial charge in [-0.15, -0.1) is 12.4 Å². The summed E-state index contributed by atoms with van der Waals surface area (Å²) in [6, 6.07) is 4.10. The predicted octanol–water partition coefficient (Wildman–Crippen LogP) is 2.25. The number of hydrogen-bond donors (Lipinski definition) is 2. The molecule has 19 heavy (non-hydrogen) atoms. The number of aromatic nitrogens is 1. The van der Waals surface area contributed by atoms with E-state index in [1.807, 2.05) is 12.1 Å². The average Bonchev–Trinajstić information content (AvgIpc) is 2.85. The number of halogens is 2. The maximum absolute atomic E-state index is 5.43. The molecule has 1 atom stereocenters. The molecule has 0 amide bonds. The van der Waals surface area contributed by atoms with Gasteiger partial charge in [-0.3, -0.25) is 0 Å². The van der Waals surface area contributed by atoms with Gasteiger partial charge < -0.3 is 19.9 Å². The fraction of sp³-hybridized carbons (Fsp3) is 0.417. The molecule has 1 aromatic heterocycles. The number of methoxy groups -OCH3 is 1. The van der Waals surface area contributed by atoms with Crippen LogP contribution in [0.25, 0.3) is 11.0 Å². The van der Waals surface area contributed by atoms with Crippen molar-refractivity contribution < 1.29 is 9.26 Å². The van der Waals surface area contributed by atoms with Crippen LogP contribution in [0, 0.1) is 0 Å². The van der Waals surface area contributed by atoms with E-state index in [2.05, 4.69) is 31.7 Å². The molecule has 1 saturated heterocycles. The number of nitrogens with one attached hydrogen (secondary N) is 2. The Kier molecular flexibility index (Phi) is 4.67. The van der Waals surface area contributed by atoms with Crippen molar-refractivity contribution in [2.24, 2.45) is 0 Å². The normalized spacial score (nSPS) is 19.2. The van der Waals surface area contributed by atoms with Crippen LogP contribution in [0.3, 0.4) is 0 Å². The minimum absolute atomic E-state index is 0. The first-order valence-electron chi connectivity index (χ1n) is 5.87. The van der Waals surface area contributed by atoms with Crippen molar-refractivity contribution in [3.05, 3.63) is 22.3 Å². The van der Waals surface area contributed by atoms with Crippen LogP contribution in [-0.2, 0) is 0 Å². The van der Waals surface area contributed by atoms with Gasteiger partial charge in [-0.2, -0.15) is 0 Å². The van der Waals surface area contributed by atoms with Crippen LogP contribution in [0.1, 0.15) is 11.7 Å². The van der Waals surface area contributed by atoms with Gasteiger partial charge in [-0.05, 0) is 28.1 Å². The van der Waals surface area contributed by atoms with Crippen LogP contribution in [0.15, 0.2) is 21.1 Å². The molecule has 104 valence electrons.